The van der Waals surface area contributed by atoms with Crippen molar-refractivity contribution in [3.8, 4) is 0 Å². The quantitative estimate of drug-likeness (QED) is 0.369. The molecule has 0 aromatic rings. The first-order chi connectivity index (χ1) is 6.27. The van der Waals surface area contributed by atoms with Gasteiger partial charge in [-0.25, -0.2) is 0 Å². The van der Waals surface area contributed by atoms with E-state index in [2.05, 4.69) is 4.76 Å². The van der Waals surface area contributed by atoms with Crippen molar-refractivity contribution in [2.24, 2.45) is 16.2 Å². The van der Waals surface area contributed by atoms with E-state index >= 15 is 0 Å². The van der Waals surface area contributed by atoms with E-state index in [1.807, 2.05) is 13.8 Å². The van der Waals surface area contributed by atoms with Crippen LogP contribution in [0.1, 0.15) is 20.8 Å². The summed E-state index contributed by atoms with van der Waals surface area (Å²) in [4.78, 5) is 9.00. The highest BCUT2D eigenvalue weighted by Crippen LogP contribution is 2.45. The molecule has 0 rings (SSSR count). The van der Waals surface area contributed by atoms with Crippen molar-refractivity contribution < 1.29 is 14.5 Å². The third-order valence-corrected chi connectivity index (χ3v) is 3.86. The molecule has 14 heavy (non-hydrogen) atoms. The highest BCUT2D eigenvalue weighted by molar-refractivity contribution is 7.62. The number of guanidine groups is 1. The summed E-state index contributed by atoms with van der Waals surface area (Å²) in [6.45, 7) is 4.72. The lowest BCUT2D eigenvalue weighted by atomic mass is 10.9. The van der Waals surface area contributed by atoms with Crippen LogP contribution in [0.25, 0.3) is 0 Å². The van der Waals surface area contributed by atoms with Gasteiger partial charge in [-0.3, -0.25) is 9.36 Å². The van der Waals surface area contributed by atoms with E-state index in [1.54, 1.807) is 0 Å². The molecule has 0 aliphatic rings. The second kappa shape index (κ2) is 7.38. The number of carbonyl (C=O) groups is 1. The number of rotatable bonds is 3. The van der Waals surface area contributed by atoms with E-state index < -0.39 is 13.3 Å². The van der Waals surface area contributed by atoms with Gasteiger partial charge in [0.05, 0.1) is 0 Å². The molecule has 0 spiro atoms. The van der Waals surface area contributed by atoms with E-state index in [0.717, 1.165) is 6.92 Å². The largest absolute Gasteiger partial charge is 0.481 e. The summed E-state index contributed by atoms with van der Waals surface area (Å²) in [5, 5.41) is 7.42. The number of nitrogens with zero attached hydrogens (tertiary/aromatic N) is 1. The zero-order chi connectivity index (χ0) is 11.8. The molecular weight excluding hydrogens is 205 g/mol. The summed E-state index contributed by atoms with van der Waals surface area (Å²) in [7, 11) is -2.40. The van der Waals surface area contributed by atoms with Crippen molar-refractivity contribution in [3.63, 3.8) is 0 Å². The Labute approximate surface area is 83.8 Å². The van der Waals surface area contributed by atoms with Crippen LogP contribution in [0.15, 0.2) is 4.76 Å². The minimum atomic E-state index is -2.40. The minimum absolute atomic E-state index is 0.0768. The zero-order valence-electron chi connectivity index (χ0n) is 8.73. The maximum Gasteiger partial charge on any atom is 0.300 e. The number of carboxylic acids is 1. The molecule has 0 fully saturated rings. The summed E-state index contributed by atoms with van der Waals surface area (Å²) in [6.07, 6.45) is 1.06. The van der Waals surface area contributed by atoms with Crippen molar-refractivity contribution in [3.05, 3.63) is 0 Å². The molecule has 0 heterocycles. The molecule has 0 amide bonds. The number of aliphatic carboxylic acids is 1. The SMILES string of the molecule is CC(=O)O.CCP(=O)(CC)N=C(N)N. The predicted molar refractivity (Wildman–Crippen MR) is 57.8 cm³/mol. The first-order valence-corrected chi connectivity index (χ1v) is 6.19. The van der Waals surface area contributed by atoms with Crippen LogP contribution in [0.5, 0.6) is 0 Å². The van der Waals surface area contributed by atoms with Gasteiger partial charge in [-0.05, 0) is 0 Å². The van der Waals surface area contributed by atoms with Crippen LogP contribution in [0.3, 0.4) is 0 Å². The Hall–Kier alpha value is -1.03. The van der Waals surface area contributed by atoms with Gasteiger partial charge >= 0.3 is 0 Å². The summed E-state index contributed by atoms with van der Waals surface area (Å²) >= 11 is 0. The monoisotopic (exact) mass is 223 g/mol. The van der Waals surface area contributed by atoms with Crippen LogP contribution in [0.4, 0.5) is 0 Å². The Morgan fingerprint density at radius 1 is 1.36 bits per heavy atom. The molecule has 0 aromatic heterocycles. The van der Waals surface area contributed by atoms with Crippen LogP contribution in [0, 0.1) is 0 Å². The molecule has 0 saturated carbocycles. The smallest absolute Gasteiger partial charge is 0.300 e. The Bertz CT molecular complexity index is 237. The molecule has 0 aromatic carbocycles. The average molecular weight is 223 g/mol. The molecule has 0 atom stereocenters. The van der Waals surface area contributed by atoms with Gasteiger partial charge in [0, 0.05) is 19.2 Å². The maximum absolute atomic E-state index is 11.4. The highest BCUT2D eigenvalue weighted by atomic mass is 31.2. The Kier molecular flexibility index (Phi) is 8.14. The summed E-state index contributed by atoms with van der Waals surface area (Å²) in [5.74, 6) is -0.910. The second-order valence-electron chi connectivity index (χ2n) is 2.52. The number of carboxylic acid groups (broad SMARTS) is 1. The lowest BCUT2D eigenvalue weighted by Gasteiger charge is -2.06. The highest BCUT2D eigenvalue weighted by Gasteiger charge is 2.14. The van der Waals surface area contributed by atoms with E-state index in [1.165, 1.54) is 0 Å². The molecule has 0 radical (unpaired) electrons. The van der Waals surface area contributed by atoms with E-state index in [9.17, 15) is 4.57 Å². The Balaban J connectivity index is 0. The normalized spacial score (nSPS) is 9.64. The number of hydrogen-bond acceptors (Lipinski definition) is 2. The molecule has 7 heteroatoms. The van der Waals surface area contributed by atoms with Gasteiger partial charge in [-0.2, -0.15) is 4.76 Å². The molecule has 0 aliphatic carbocycles. The first-order valence-electron chi connectivity index (χ1n) is 4.16. The molecular formula is C7H18N3O3P. The summed E-state index contributed by atoms with van der Waals surface area (Å²) in [6, 6.07) is 0. The fourth-order valence-corrected chi connectivity index (χ4v) is 1.73. The first kappa shape index (κ1) is 15.4. The third-order valence-electron chi connectivity index (χ3n) is 1.29. The summed E-state index contributed by atoms with van der Waals surface area (Å²) < 4.78 is 15.1. The van der Waals surface area contributed by atoms with Crippen molar-refractivity contribution >= 4 is 19.2 Å². The Morgan fingerprint density at radius 2 is 1.64 bits per heavy atom. The molecule has 0 unspecified atom stereocenters. The van der Waals surface area contributed by atoms with Gasteiger partial charge in [0.15, 0.2) is 13.3 Å². The van der Waals surface area contributed by atoms with Crippen LogP contribution in [0.2, 0.25) is 0 Å². The Morgan fingerprint density at radius 3 is 1.71 bits per heavy atom. The number of hydrogen-bond donors (Lipinski definition) is 3. The standard InChI is InChI=1S/C5H14N3OP.C2H4O2/c1-3-10(9,4-2)8-5(6)7;1-2(3)4/h3-4H2,1-2H3,(H4,6,7,8,9);1H3,(H,3,4). The van der Waals surface area contributed by atoms with Gasteiger partial charge in [0.1, 0.15) is 0 Å². The average Bonchev–Trinajstić information content (AvgIpc) is 2.02. The molecule has 5 N–H and O–H groups in total. The van der Waals surface area contributed by atoms with E-state index in [0.29, 0.717) is 12.3 Å². The van der Waals surface area contributed by atoms with Crippen molar-refractivity contribution in [1.29, 1.82) is 0 Å². The lowest BCUT2D eigenvalue weighted by molar-refractivity contribution is -0.134. The molecule has 6 nitrogen and oxygen atoms in total. The zero-order valence-corrected chi connectivity index (χ0v) is 9.62. The third kappa shape index (κ3) is 11.0. The van der Waals surface area contributed by atoms with Gasteiger partial charge in [-0.15, -0.1) is 0 Å². The second-order valence-corrected chi connectivity index (χ2v) is 5.68. The molecule has 0 saturated heterocycles. The predicted octanol–water partition coefficient (Wildman–Crippen LogP) is 0.669. The van der Waals surface area contributed by atoms with Crippen molar-refractivity contribution in [2.75, 3.05) is 12.3 Å². The fourth-order valence-electron chi connectivity index (χ4n) is 0.575. The minimum Gasteiger partial charge on any atom is -0.481 e. The van der Waals surface area contributed by atoms with Crippen molar-refractivity contribution in [2.45, 2.75) is 20.8 Å². The van der Waals surface area contributed by atoms with Crippen molar-refractivity contribution in [1.82, 2.24) is 0 Å². The molecule has 84 valence electrons. The lowest BCUT2D eigenvalue weighted by Crippen LogP contribution is -2.22. The fraction of sp³-hybridized carbons (Fsp3) is 0.714. The van der Waals surface area contributed by atoms with Crippen LogP contribution in [-0.2, 0) is 9.36 Å². The maximum atomic E-state index is 11.4. The number of nitrogens with two attached hydrogens (primary N) is 2. The van der Waals surface area contributed by atoms with Gasteiger partial charge in [0.2, 0.25) is 0 Å². The van der Waals surface area contributed by atoms with Crippen LogP contribution in [-0.4, -0.2) is 29.4 Å². The topological polar surface area (TPSA) is 119 Å². The van der Waals surface area contributed by atoms with E-state index in [-0.39, 0.29) is 5.96 Å². The van der Waals surface area contributed by atoms with Crippen LogP contribution < -0.4 is 11.5 Å². The van der Waals surface area contributed by atoms with Crippen LogP contribution >= 0.6 is 7.29 Å². The van der Waals surface area contributed by atoms with Gasteiger partial charge < -0.3 is 16.6 Å². The van der Waals surface area contributed by atoms with Gasteiger partial charge in [0.25, 0.3) is 5.97 Å². The molecule has 0 aliphatic heterocycles. The molecule has 0 bridgehead atoms. The van der Waals surface area contributed by atoms with Gasteiger partial charge in [-0.1, -0.05) is 13.8 Å². The summed E-state index contributed by atoms with van der Waals surface area (Å²) in [5.41, 5.74) is 10.2. The van der Waals surface area contributed by atoms with E-state index in [4.69, 9.17) is 21.4 Å².